The van der Waals surface area contributed by atoms with Crippen LogP contribution in [0.4, 0.5) is 13.2 Å². The van der Waals surface area contributed by atoms with Crippen molar-refractivity contribution in [3.8, 4) is 0 Å². The summed E-state index contributed by atoms with van der Waals surface area (Å²) in [5, 5.41) is 8.80. The highest BCUT2D eigenvalue weighted by Crippen LogP contribution is 2.33. The Bertz CT molecular complexity index is 773. The van der Waals surface area contributed by atoms with Crippen LogP contribution in [0.25, 0.3) is 0 Å². The first-order valence-electron chi connectivity index (χ1n) is 6.93. The molecule has 1 aromatic rings. The molecule has 0 bridgehead atoms. The molecule has 0 saturated carbocycles. The van der Waals surface area contributed by atoms with Gasteiger partial charge in [0, 0.05) is 0 Å². The van der Waals surface area contributed by atoms with E-state index in [1.54, 1.807) is 13.8 Å². The highest BCUT2D eigenvalue weighted by atomic mass is 32.2. The second kappa shape index (κ2) is 7.40. The SMILES string of the molecule is CC(C)OC(=O)[C@H](C)NS(=O)(=O)c1ccc(C(=O)O)c(C(F)(F)F)c1. The van der Waals surface area contributed by atoms with Gasteiger partial charge in [0.15, 0.2) is 0 Å². The molecule has 0 spiro atoms. The Morgan fingerprint density at radius 1 is 1.20 bits per heavy atom. The maximum Gasteiger partial charge on any atom is 0.417 e. The molecule has 140 valence electrons. The van der Waals surface area contributed by atoms with Crippen molar-refractivity contribution >= 4 is 22.0 Å². The maximum atomic E-state index is 13.0. The molecule has 0 unspecified atom stereocenters. The van der Waals surface area contributed by atoms with Crippen LogP contribution in [0.15, 0.2) is 23.1 Å². The molecule has 0 heterocycles. The van der Waals surface area contributed by atoms with E-state index in [1.807, 2.05) is 4.72 Å². The normalized spacial score (nSPS) is 13.6. The van der Waals surface area contributed by atoms with Gasteiger partial charge in [0.1, 0.15) is 6.04 Å². The lowest BCUT2D eigenvalue weighted by Crippen LogP contribution is -2.40. The Kier molecular flexibility index (Phi) is 6.19. The van der Waals surface area contributed by atoms with Crippen LogP contribution in [-0.2, 0) is 25.7 Å². The first-order valence-corrected chi connectivity index (χ1v) is 8.41. The van der Waals surface area contributed by atoms with Crippen molar-refractivity contribution in [3.05, 3.63) is 29.3 Å². The number of nitrogens with one attached hydrogen (secondary N) is 1. The second-order valence-electron chi connectivity index (χ2n) is 5.34. The standard InChI is InChI=1S/C14H16F3NO6S/c1-7(2)24-13(21)8(3)18-25(22,23)9-4-5-10(12(19)20)11(6-9)14(15,16)17/h4-8,18H,1-3H3,(H,19,20)/t8-/m0/s1. The van der Waals surface area contributed by atoms with Crippen LogP contribution in [0.5, 0.6) is 0 Å². The fraction of sp³-hybridized carbons (Fsp3) is 0.429. The van der Waals surface area contributed by atoms with Gasteiger partial charge < -0.3 is 9.84 Å². The third-order valence-corrected chi connectivity index (χ3v) is 4.41. The summed E-state index contributed by atoms with van der Waals surface area (Å²) >= 11 is 0. The number of hydrogen-bond acceptors (Lipinski definition) is 5. The van der Waals surface area contributed by atoms with E-state index in [0.29, 0.717) is 12.1 Å². The van der Waals surface area contributed by atoms with Crippen LogP contribution < -0.4 is 4.72 Å². The molecule has 0 radical (unpaired) electrons. The van der Waals surface area contributed by atoms with E-state index in [9.17, 15) is 31.2 Å². The van der Waals surface area contributed by atoms with Gasteiger partial charge in [-0.2, -0.15) is 17.9 Å². The van der Waals surface area contributed by atoms with Crippen molar-refractivity contribution in [2.24, 2.45) is 0 Å². The van der Waals surface area contributed by atoms with E-state index < -0.39 is 56.3 Å². The van der Waals surface area contributed by atoms with Crippen molar-refractivity contribution in [2.45, 2.75) is 44.0 Å². The molecule has 0 aliphatic rings. The lowest BCUT2D eigenvalue weighted by Gasteiger charge is -2.17. The molecular weight excluding hydrogens is 367 g/mol. The number of hydrogen-bond donors (Lipinski definition) is 2. The molecule has 1 aromatic carbocycles. The molecule has 7 nitrogen and oxygen atoms in total. The Hall–Kier alpha value is -2.14. The zero-order chi connectivity index (χ0) is 19.6. The Balaban J connectivity index is 3.22. The van der Waals surface area contributed by atoms with E-state index in [1.165, 1.54) is 6.92 Å². The quantitative estimate of drug-likeness (QED) is 0.728. The molecule has 0 amide bonds. The Labute approximate surface area is 141 Å². The number of carbonyl (C=O) groups excluding carboxylic acids is 1. The number of carboxylic acid groups (broad SMARTS) is 1. The predicted octanol–water partition coefficient (Wildman–Crippen LogP) is 2.02. The maximum absolute atomic E-state index is 13.0. The number of aromatic carboxylic acids is 1. The monoisotopic (exact) mass is 383 g/mol. The van der Waals surface area contributed by atoms with Crippen LogP contribution in [0.1, 0.15) is 36.7 Å². The number of benzene rings is 1. The smallest absolute Gasteiger partial charge is 0.417 e. The minimum atomic E-state index is -5.07. The number of rotatable bonds is 6. The van der Waals surface area contributed by atoms with Crippen molar-refractivity contribution in [3.63, 3.8) is 0 Å². The number of carbonyl (C=O) groups is 2. The van der Waals surface area contributed by atoms with Gasteiger partial charge in [0.2, 0.25) is 10.0 Å². The van der Waals surface area contributed by atoms with Crippen LogP contribution in [0.3, 0.4) is 0 Å². The minimum absolute atomic E-state index is 0.201. The van der Waals surface area contributed by atoms with Crippen molar-refractivity contribution in [2.75, 3.05) is 0 Å². The molecule has 0 aromatic heterocycles. The van der Waals surface area contributed by atoms with Gasteiger partial charge in [0.25, 0.3) is 0 Å². The topological polar surface area (TPSA) is 110 Å². The van der Waals surface area contributed by atoms with Crippen molar-refractivity contribution in [1.82, 2.24) is 4.72 Å². The average Bonchev–Trinajstić information content (AvgIpc) is 2.44. The van der Waals surface area contributed by atoms with E-state index in [4.69, 9.17) is 9.84 Å². The number of esters is 1. The number of ether oxygens (including phenoxy) is 1. The molecule has 0 aliphatic carbocycles. The van der Waals surface area contributed by atoms with Crippen LogP contribution in [-0.4, -0.2) is 37.6 Å². The fourth-order valence-corrected chi connectivity index (χ4v) is 3.01. The highest BCUT2D eigenvalue weighted by Gasteiger charge is 2.37. The number of halogens is 3. The van der Waals surface area contributed by atoms with Crippen LogP contribution in [0, 0.1) is 0 Å². The van der Waals surface area contributed by atoms with Crippen LogP contribution in [0.2, 0.25) is 0 Å². The van der Waals surface area contributed by atoms with E-state index >= 15 is 0 Å². The van der Waals surface area contributed by atoms with Gasteiger partial charge in [-0.1, -0.05) is 0 Å². The van der Waals surface area contributed by atoms with Crippen LogP contribution >= 0.6 is 0 Å². The third-order valence-electron chi connectivity index (χ3n) is 2.87. The van der Waals surface area contributed by atoms with Gasteiger partial charge in [-0.25, -0.2) is 13.2 Å². The van der Waals surface area contributed by atoms with Gasteiger partial charge in [-0.05, 0) is 39.0 Å². The third kappa shape index (κ3) is 5.43. The van der Waals surface area contributed by atoms with E-state index in [2.05, 4.69) is 0 Å². The molecule has 2 N–H and O–H groups in total. The predicted molar refractivity (Wildman–Crippen MR) is 79.4 cm³/mol. The number of alkyl halides is 3. The van der Waals surface area contributed by atoms with Gasteiger partial charge in [0.05, 0.1) is 22.1 Å². The molecular formula is C14H16F3NO6S. The molecule has 0 aliphatic heterocycles. The van der Waals surface area contributed by atoms with Gasteiger partial charge >= 0.3 is 18.1 Å². The lowest BCUT2D eigenvalue weighted by atomic mass is 10.1. The Morgan fingerprint density at radius 2 is 1.76 bits per heavy atom. The highest BCUT2D eigenvalue weighted by molar-refractivity contribution is 7.89. The lowest BCUT2D eigenvalue weighted by molar-refractivity contribution is -0.149. The zero-order valence-corrected chi connectivity index (χ0v) is 14.2. The number of sulfonamides is 1. The number of carboxylic acids is 1. The first kappa shape index (κ1) is 20.9. The summed E-state index contributed by atoms with van der Waals surface area (Å²) < 4.78 is 69.9. The summed E-state index contributed by atoms with van der Waals surface area (Å²) in [5.74, 6) is -2.75. The Morgan fingerprint density at radius 3 is 2.20 bits per heavy atom. The minimum Gasteiger partial charge on any atom is -0.478 e. The van der Waals surface area contributed by atoms with E-state index in [0.717, 1.165) is 0 Å². The molecule has 1 atom stereocenters. The van der Waals surface area contributed by atoms with Crippen molar-refractivity contribution in [1.29, 1.82) is 0 Å². The summed E-state index contributed by atoms with van der Waals surface area (Å²) in [4.78, 5) is 21.7. The first-order chi connectivity index (χ1) is 11.3. The van der Waals surface area contributed by atoms with Gasteiger partial charge in [-0.3, -0.25) is 4.79 Å². The molecule has 0 fully saturated rings. The largest absolute Gasteiger partial charge is 0.478 e. The summed E-state index contributed by atoms with van der Waals surface area (Å²) in [6.07, 6.45) is -5.58. The molecule has 1 rings (SSSR count). The molecule has 0 saturated heterocycles. The second-order valence-corrected chi connectivity index (χ2v) is 7.05. The zero-order valence-electron chi connectivity index (χ0n) is 13.4. The summed E-state index contributed by atoms with van der Waals surface area (Å²) in [6, 6.07) is 0.103. The average molecular weight is 383 g/mol. The summed E-state index contributed by atoms with van der Waals surface area (Å²) in [6.45, 7) is 4.25. The van der Waals surface area contributed by atoms with Crippen molar-refractivity contribution < 1.29 is 41.0 Å². The van der Waals surface area contributed by atoms with Gasteiger partial charge in [-0.15, -0.1) is 0 Å². The molecule has 25 heavy (non-hydrogen) atoms. The summed E-state index contributed by atoms with van der Waals surface area (Å²) in [5.41, 5.74) is -2.70. The summed E-state index contributed by atoms with van der Waals surface area (Å²) in [7, 11) is -4.51. The van der Waals surface area contributed by atoms with E-state index in [-0.39, 0.29) is 6.07 Å². The fourth-order valence-electron chi connectivity index (χ4n) is 1.79. The molecule has 11 heteroatoms.